The van der Waals surface area contributed by atoms with E-state index < -0.39 is 35.6 Å². The van der Waals surface area contributed by atoms with Crippen molar-refractivity contribution in [3.8, 4) is 0 Å². The summed E-state index contributed by atoms with van der Waals surface area (Å²) in [6.07, 6.45) is -0.0299. The minimum atomic E-state index is -1.95. The number of piperidine rings is 1. The van der Waals surface area contributed by atoms with Crippen LogP contribution in [0.3, 0.4) is 0 Å². The van der Waals surface area contributed by atoms with Crippen molar-refractivity contribution in [2.75, 3.05) is 46.5 Å². The highest BCUT2D eigenvalue weighted by atomic mass is 19.1. The number of hydrogen-bond donors (Lipinski definition) is 0. The number of likely N-dealkylation sites (tertiary alicyclic amines) is 1. The Morgan fingerprint density at radius 1 is 0.825 bits per heavy atom. The van der Waals surface area contributed by atoms with Crippen LogP contribution in [0.2, 0.25) is 0 Å². The second-order valence-corrected chi connectivity index (χ2v) is 9.92. The summed E-state index contributed by atoms with van der Waals surface area (Å²) in [5.74, 6) is -5.01. The Kier molecular flexibility index (Phi) is 8.02. The second kappa shape index (κ2) is 11.5. The predicted octanol–water partition coefficient (Wildman–Crippen LogP) is 3.15. The molecular formula is C28H30F2N2O8. The van der Waals surface area contributed by atoms with Gasteiger partial charge in [-0.05, 0) is 41.8 Å². The highest BCUT2D eigenvalue weighted by molar-refractivity contribution is 6.31. The molecule has 2 spiro atoms. The second-order valence-electron chi connectivity index (χ2n) is 9.92. The highest BCUT2D eigenvalue weighted by Crippen LogP contribution is 2.49. The number of hydrogen-bond acceptors (Lipinski definition) is 9. The van der Waals surface area contributed by atoms with Crippen molar-refractivity contribution in [2.45, 2.75) is 36.9 Å². The first-order valence-electron chi connectivity index (χ1n) is 13.1. The van der Waals surface area contributed by atoms with Gasteiger partial charge in [0.25, 0.3) is 0 Å². The molecule has 214 valence electrons. The molecule has 1 amide bonds. The zero-order valence-electron chi connectivity index (χ0n) is 22.0. The molecule has 3 aliphatic heterocycles. The lowest BCUT2D eigenvalue weighted by molar-refractivity contribution is -0.287. The largest absolute Gasteiger partial charge is 0.432 e. The molecule has 0 aliphatic carbocycles. The average molecular weight is 561 g/mol. The van der Waals surface area contributed by atoms with E-state index in [9.17, 15) is 23.2 Å². The summed E-state index contributed by atoms with van der Waals surface area (Å²) in [5.41, 5.74) is 0.169. The van der Waals surface area contributed by atoms with Gasteiger partial charge < -0.3 is 28.6 Å². The fraction of sp³-hybridized carbons (Fsp3) is 0.464. The molecule has 3 saturated heterocycles. The van der Waals surface area contributed by atoms with Gasteiger partial charge >= 0.3 is 23.9 Å². The van der Waals surface area contributed by atoms with Crippen LogP contribution in [-0.2, 0) is 33.3 Å². The normalized spacial score (nSPS) is 19.9. The van der Waals surface area contributed by atoms with Gasteiger partial charge in [0.05, 0.1) is 13.2 Å². The third-order valence-corrected chi connectivity index (χ3v) is 7.49. The summed E-state index contributed by atoms with van der Waals surface area (Å²) in [7, 11) is 1.46. The van der Waals surface area contributed by atoms with E-state index in [1.54, 1.807) is 24.3 Å². The summed E-state index contributed by atoms with van der Waals surface area (Å²) in [6.45, 7) is 2.15. The molecule has 3 aliphatic rings. The van der Waals surface area contributed by atoms with E-state index in [1.807, 2.05) is 0 Å². The van der Waals surface area contributed by atoms with Crippen LogP contribution in [-0.4, -0.2) is 85.8 Å². The minimum Gasteiger partial charge on any atom is -0.432 e. The fourth-order valence-corrected chi connectivity index (χ4v) is 5.43. The molecule has 0 atom stereocenters. The Morgan fingerprint density at radius 3 is 1.90 bits per heavy atom. The van der Waals surface area contributed by atoms with Gasteiger partial charge in [-0.1, -0.05) is 24.3 Å². The highest BCUT2D eigenvalue weighted by Gasteiger charge is 2.75. The van der Waals surface area contributed by atoms with E-state index in [0.717, 1.165) is 16.0 Å². The fourth-order valence-electron chi connectivity index (χ4n) is 5.43. The van der Waals surface area contributed by atoms with Crippen LogP contribution in [0.1, 0.15) is 36.5 Å². The van der Waals surface area contributed by atoms with Gasteiger partial charge in [-0.15, -0.1) is 0 Å². The van der Waals surface area contributed by atoms with Gasteiger partial charge in [-0.2, -0.15) is 0 Å². The zero-order valence-corrected chi connectivity index (χ0v) is 22.0. The van der Waals surface area contributed by atoms with E-state index in [1.165, 1.54) is 31.4 Å². The maximum Gasteiger partial charge on any atom is 0.422 e. The Balaban J connectivity index is 1.19. The molecule has 0 saturated carbocycles. The van der Waals surface area contributed by atoms with Crippen molar-refractivity contribution in [2.24, 2.45) is 0 Å². The van der Waals surface area contributed by atoms with Gasteiger partial charge in [0, 0.05) is 46.2 Å². The number of esters is 2. The third kappa shape index (κ3) is 5.26. The predicted molar refractivity (Wildman–Crippen MR) is 134 cm³/mol. The first-order valence-corrected chi connectivity index (χ1v) is 13.1. The molecule has 0 bridgehead atoms. The van der Waals surface area contributed by atoms with Crippen molar-refractivity contribution in [3.05, 3.63) is 71.3 Å². The first kappa shape index (κ1) is 27.9. The smallest absolute Gasteiger partial charge is 0.422 e. The standard InChI is InChI=1S/C28H30F2N2O8/c1-36-18-16-32-26(35)40-27(28(32)38-24(33)25(34)39-28)11-14-31(15-12-27)13-2-17-37-23(19-3-7-21(29)8-4-19)20-5-9-22(30)10-6-20/h3-10,23H,2,11-18H2,1H3. The van der Waals surface area contributed by atoms with E-state index in [2.05, 4.69) is 4.90 Å². The zero-order chi connectivity index (χ0) is 28.3. The van der Waals surface area contributed by atoms with Crippen LogP contribution >= 0.6 is 0 Å². The summed E-state index contributed by atoms with van der Waals surface area (Å²) in [4.78, 5) is 40.1. The summed E-state index contributed by atoms with van der Waals surface area (Å²) in [5, 5.41) is 0. The molecule has 40 heavy (non-hydrogen) atoms. The number of benzene rings is 2. The molecule has 3 fully saturated rings. The third-order valence-electron chi connectivity index (χ3n) is 7.49. The van der Waals surface area contributed by atoms with Crippen molar-refractivity contribution in [3.63, 3.8) is 0 Å². The molecule has 10 nitrogen and oxygen atoms in total. The van der Waals surface area contributed by atoms with Crippen molar-refractivity contribution in [1.29, 1.82) is 0 Å². The number of methoxy groups -OCH3 is 1. The molecule has 0 aromatic heterocycles. The molecule has 0 N–H and O–H groups in total. The number of fused-ring (bicyclic) bond motifs is 1. The number of halogens is 2. The molecular weight excluding hydrogens is 530 g/mol. The number of ether oxygens (including phenoxy) is 5. The maximum absolute atomic E-state index is 13.5. The molecule has 5 rings (SSSR count). The van der Waals surface area contributed by atoms with Gasteiger partial charge in [0.2, 0.25) is 5.60 Å². The lowest BCUT2D eigenvalue weighted by atomic mass is 9.87. The van der Waals surface area contributed by atoms with Gasteiger partial charge in [-0.3, -0.25) is 0 Å². The molecule has 2 aromatic carbocycles. The van der Waals surface area contributed by atoms with Crippen molar-refractivity contribution in [1.82, 2.24) is 9.80 Å². The van der Waals surface area contributed by atoms with Gasteiger partial charge in [0.15, 0.2) is 0 Å². The Bertz CT molecular complexity index is 1170. The molecule has 12 heteroatoms. The van der Waals surface area contributed by atoms with Crippen LogP contribution in [0.25, 0.3) is 0 Å². The number of amides is 1. The lowest BCUT2D eigenvalue weighted by Crippen LogP contribution is -2.63. The molecule has 3 heterocycles. The van der Waals surface area contributed by atoms with Crippen LogP contribution in [0, 0.1) is 11.6 Å². The van der Waals surface area contributed by atoms with Crippen LogP contribution in [0.15, 0.2) is 48.5 Å². The number of nitrogens with zero attached hydrogens (tertiary/aromatic N) is 2. The topological polar surface area (TPSA) is 104 Å². The number of carbonyl (C=O) groups is 3. The first-order chi connectivity index (χ1) is 19.3. The summed E-state index contributed by atoms with van der Waals surface area (Å²) in [6, 6.07) is 12.0. The van der Waals surface area contributed by atoms with Gasteiger partial charge in [0.1, 0.15) is 17.7 Å². The van der Waals surface area contributed by atoms with Crippen LogP contribution < -0.4 is 0 Å². The summed E-state index contributed by atoms with van der Waals surface area (Å²) < 4.78 is 54.7. The Labute approximate surface area is 229 Å². The van der Waals surface area contributed by atoms with Crippen LogP contribution in [0.4, 0.5) is 13.6 Å². The number of carbonyl (C=O) groups excluding carboxylic acids is 3. The molecule has 2 aromatic rings. The SMILES string of the molecule is COCCN1C(=O)OC2(CCN(CCCOC(c3ccc(F)cc3)c3ccc(F)cc3)CC2)C12OC(=O)C(=O)O2. The Hall–Kier alpha value is -3.61. The van der Waals surface area contributed by atoms with E-state index in [4.69, 9.17) is 23.7 Å². The quantitative estimate of drug-likeness (QED) is 0.246. The van der Waals surface area contributed by atoms with Crippen molar-refractivity contribution < 1.29 is 46.8 Å². The van der Waals surface area contributed by atoms with E-state index in [0.29, 0.717) is 32.7 Å². The Morgan fingerprint density at radius 2 is 1.38 bits per heavy atom. The minimum absolute atomic E-state index is 0.0158. The maximum atomic E-state index is 13.5. The van der Waals surface area contributed by atoms with E-state index >= 15 is 0 Å². The van der Waals surface area contributed by atoms with E-state index in [-0.39, 0.29) is 37.6 Å². The molecule has 0 unspecified atom stereocenters. The number of rotatable bonds is 10. The van der Waals surface area contributed by atoms with Gasteiger partial charge in [-0.25, -0.2) is 28.1 Å². The molecule has 0 radical (unpaired) electrons. The average Bonchev–Trinajstić information content (AvgIpc) is 3.36. The monoisotopic (exact) mass is 560 g/mol. The lowest BCUT2D eigenvalue weighted by Gasteiger charge is -2.43. The van der Waals surface area contributed by atoms with Crippen molar-refractivity contribution >= 4 is 18.0 Å². The summed E-state index contributed by atoms with van der Waals surface area (Å²) >= 11 is 0. The van der Waals surface area contributed by atoms with Crippen LogP contribution in [0.5, 0.6) is 0 Å².